The molecule has 2 aromatic carbocycles. The first-order valence-corrected chi connectivity index (χ1v) is 10.8. The number of likely N-dealkylation sites (tertiary alicyclic amines) is 1. The van der Waals surface area contributed by atoms with Crippen LogP contribution in [0, 0.1) is 11.8 Å². The van der Waals surface area contributed by atoms with Crippen molar-refractivity contribution in [1.82, 2.24) is 4.90 Å². The summed E-state index contributed by atoms with van der Waals surface area (Å²) >= 11 is 6.37. The fourth-order valence-electron chi connectivity index (χ4n) is 5.30. The Hall–Kier alpha value is -2.92. The van der Waals surface area contributed by atoms with Crippen molar-refractivity contribution < 1.29 is 14.4 Å². The fourth-order valence-corrected chi connectivity index (χ4v) is 5.52. The van der Waals surface area contributed by atoms with Gasteiger partial charge in [0, 0.05) is 16.8 Å². The maximum absolute atomic E-state index is 13.9. The number of amides is 2. The number of halogens is 1. The van der Waals surface area contributed by atoms with Crippen molar-refractivity contribution in [2.75, 3.05) is 4.90 Å². The van der Waals surface area contributed by atoms with E-state index < -0.39 is 23.4 Å². The molecule has 6 heteroatoms. The lowest BCUT2D eigenvalue weighted by atomic mass is 9.86. The first kappa shape index (κ1) is 20.0. The molecule has 3 aliphatic rings. The molecule has 0 aromatic heterocycles. The number of rotatable bonds is 2. The van der Waals surface area contributed by atoms with E-state index in [0.29, 0.717) is 10.6 Å². The average molecular weight is 435 g/mol. The van der Waals surface area contributed by atoms with Gasteiger partial charge in [-0.1, -0.05) is 54.1 Å². The quantitative estimate of drug-likeness (QED) is 0.525. The highest BCUT2D eigenvalue weighted by Gasteiger charge is 2.65. The summed E-state index contributed by atoms with van der Waals surface area (Å²) < 4.78 is 0. The van der Waals surface area contributed by atoms with Crippen molar-refractivity contribution >= 4 is 41.0 Å². The van der Waals surface area contributed by atoms with E-state index in [2.05, 4.69) is 0 Å². The zero-order valence-corrected chi connectivity index (χ0v) is 18.3. The highest BCUT2D eigenvalue weighted by atomic mass is 35.5. The Labute approximate surface area is 186 Å². The van der Waals surface area contributed by atoms with Gasteiger partial charge in [-0.2, -0.15) is 0 Å². The predicted molar refractivity (Wildman–Crippen MR) is 120 cm³/mol. The lowest BCUT2D eigenvalue weighted by molar-refractivity contribution is -0.145. The molecule has 0 N–H and O–H groups in total. The Morgan fingerprint density at radius 2 is 1.58 bits per heavy atom. The molecule has 158 valence electrons. The Kier molecular flexibility index (Phi) is 4.38. The molecule has 0 saturated carbocycles. The van der Waals surface area contributed by atoms with E-state index in [1.165, 1.54) is 4.90 Å². The summed E-state index contributed by atoms with van der Waals surface area (Å²) in [6.45, 7) is 5.54. The van der Waals surface area contributed by atoms with Crippen LogP contribution in [0.4, 0.5) is 5.69 Å². The van der Waals surface area contributed by atoms with Gasteiger partial charge in [-0.05, 0) is 44.5 Å². The summed E-state index contributed by atoms with van der Waals surface area (Å²) in [5, 5.41) is 0.345. The van der Waals surface area contributed by atoms with E-state index in [1.807, 2.05) is 62.1 Å². The van der Waals surface area contributed by atoms with Crippen LogP contribution in [0.1, 0.15) is 36.7 Å². The second kappa shape index (κ2) is 6.79. The molecular weight excluding hydrogens is 412 g/mol. The van der Waals surface area contributed by atoms with Gasteiger partial charge >= 0.3 is 0 Å². The molecule has 5 rings (SSSR count). The molecule has 2 aromatic rings. The van der Waals surface area contributed by atoms with Gasteiger partial charge in [0.25, 0.3) is 0 Å². The summed E-state index contributed by atoms with van der Waals surface area (Å²) in [5.41, 5.74) is 1.54. The van der Waals surface area contributed by atoms with Crippen molar-refractivity contribution in [2.45, 2.75) is 38.4 Å². The van der Waals surface area contributed by atoms with E-state index in [0.717, 1.165) is 11.3 Å². The van der Waals surface area contributed by atoms with E-state index in [-0.39, 0.29) is 23.6 Å². The molecule has 2 amide bonds. The van der Waals surface area contributed by atoms with Crippen molar-refractivity contribution in [1.29, 1.82) is 0 Å². The van der Waals surface area contributed by atoms with Crippen LogP contribution in [-0.2, 0) is 9.59 Å². The lowest BCUT2D eigenvalue weighted by Gasteiger charge is -2.38. The topological polar surface area (TPSA) is 57.7 Å². The SMILES string of the molecule is CC(C)(C)N1C(=O)[C@@H]2[C@H](C1=O)[C@@H](C(=O)c1ccccc1Cl)N1c3ccccc3C=C[C@H]21. The maximum atomic E-state index is 13.9. The molecule has 2 fully saturated rings. The molecule has 3 heterocycles. The zero-order valence-electron chi connectivity index (χ0n) is 17.6. The van der Waals surface area contributed by atoms with Gasteiger partial charge in [-0.25, -0.2) is 0 Å². The highest BCUT2D eigenvalue weighted by Crippen LogP contribution is 2.50. The van der Waals surface area contributed by atoms with E-state index in [1.54, 1.807) is 24.3 Å². The third kappa shape index (κ3) is 2.79. The monoisotopic (exact) mass is 434 g/mol. The minimum Gasteiger partial charge on any atom is -0.352 e. The van der Waals surface area contributed by atoms with Gasteiger partial charge < -0.3 is 4.90 Å². The van der Waals surface area contributed by atoms with Crippen LogP contribution in [0.3, 0.4) is 0 Å². The Balaban J connectivity index is 1.69. The normalized spacial score (nSPS) is 26.7. The third-order valence-corrected chi connectivity index (χ3v) is 6.82. The smallest absolute Gasteiger partial charge is 0.236 e. The molecule has 3 aliphatic heterocycles. The molecule has 5 nitrogen and oxygen atoms in total. The molecule has 4 atom stereocenters. The number of carbonyl (C=O) groups is 3. The van der Waals surface area contributed by atoms with Gasteiger partial charge in [-0.15, -0.1) is 0 Å². The number of anilines is 1. The van der Waals surface area contributed by atoms with Gasteiger partial charge in [0.05, 0.1) is 22.9 Å². The minimum atomic E-state index is -0.801. The summed E-state index contributed by atoms with van der Waals surface area (Å²) in [4.78, 5) is 44.3. The number of ketones is 1. The van der Waals surface area contributed by atoms with Crippen LogP contribution in [0.5, 0.6) is 0 Å². The van der Waals surface area contributed by atoms with Gasteiger partial charge in [0.15, 0.2) is 5.78 Å². The van der Waals surface area contributed by atoms with E-state index in [4.69, 9.17) is 11.6 Å². The van der Waals surface area contributed by atoms with Gasteiger partial charge in [0.2, 0.25) is 11.8 Å². The standard InChI is InChI=1S/C25H23ClN2O3/c1-25(2,3)28-23(30)19-18-13-12-14-8-4-7-11-17(14)27(18)21(20(19)24(28)31)22(29)15-9-5-6-10-16(15)26/h4-13,18-21H,1-3H3/t18-,19+,20+,21+/m1/s1. The summed E-state index contributed by atoms with van der Waals surface area (Å²) in [6, 6.07) is 13.5. The second-order valence-electron chi connectivity index (χ2n) is 9.34. The number of fused-ring (bicyclic) bond motifs is 5. The number of Topliss-reactive ketones (excluding diaryl/α,β-unsaturated/α-hetero) is 1. The Bertz CT molecular complexity index is 1150. The van der Waals surface area contributed by atoms with Crippen LogP contribution >= 0.6 is 11.6 Å². The van der Waals surface area contributed by atoms with Crippen LogP contribution < -0.4 is 4.90 Å². The number of hydrogen-bond donors (Lipinski definition) is 0. The predicted octanol–water partition coefficient (Wildman–Crippen LogP) is 4.21. The number of imide groups is 1. The molecule has 0 bridgehead atoms. The number of benzene rings is 2. The van der Waals surface area contributed by atoms with Crippen molar-refractivity contribution in [3.8, 4) is 0 Å². The first-order valence-electron chi connectivity index (χ1n) is 10.4. The van der Waals surface area contributed by atoms with Gasteiger partial charge in [-0.3, -0.25) is 19.3 Å². The van der Waals surface area contributed by atoms with Crippen LogP contribution in [0.15, 0.2) is 54.6 Å². The maximum Gasteiger partial charge on any atom is 0.236 e. The summed E-state index contributed by atoms with van der Waals surface area (Å²) in [6.07, 6.45) is 3.94. The van der Waals surface area contributed by atoms with E-state index in [9.17, 15) is 14.4 Å². The van der Waals surface area contributed by atoms with Crippen LogP contribution in [0.2, 0.25) is 5.02 Å². The van der Waals surface area contributed by atoms with Gasteiger partial charge in [0.1, 0.15) is 6.04 Å². The highest BCUT2D eigenvalue weighted by molar-refractivity contribution is 6.34. The summed E-state index contributed by atoms with van der Waals surface area (Å²) in [7, 11) is 0. The number of hydrogen-bond acceptors (Lipinski definition) is 4. The molecule has 0 radical (unpaired) electrons. The summed E-state index contributed by atoms with van der Waals surface area (Å²) in [5.74, 6) is -2.08. The van der Waals surface area contributed by atoms with E-state index >= 15 is 0 Å². The number of nitrogens with zero attached hydrogens (tertiary/aromatic N) is 2. The minimum absolute atomic E-state index is 0.212. The zero-order chi connectivity index (χ0) is 22.1. The van der Waals surface area contributed by atoms with Crippen molar-refractivity contribution in [3.05, 3.63) is 70.8 Å². The average Bonchev–Trinajstić information content (AvgIpc) is 3.20. The molecular formula is C25H23ClN2O3. The molecule has 0 spiro atoms. The molecule has 31 heavy (non-hydrogen) atoms. The first-order chi connectivity index (χ1) is 14.7. The molecule has 0 unspecified atom stereocenters. The molecule has 0 aliphatic carbocycles. The number of para-hydroxylation sites is 1. The van der Waals surface area contributed by atoms with Crippen LogP contribution in [-0.4, -0.2) is 40.1 Å². The van der Waals surface area contributed by atoms with Crippen molar-refractivity contribution in [2.24, 2.45) is 11.8 Å². The third-order valence-electron chi connectivity index (χ3n) is 6.49. The van der Waals surface area contributed by atoms with Crippen LogP contribution in [0.25, 0.3) is 6.08 Å². The largest absolute Gasteiger partial charge is 0.352 e. The Morgan fingerprint density at radius 1 is 0.935 bits per heavy atom. The lowest BCUT2D eigenvalue weighted by Crippen LogP contribution is -2.52. The fraction of sp³-hybridized carbons (Fsp3) is 0.320. The van der Waals surface area contributed by atoms with Crippen molar-refractivity contribution in [3.63, 3.8) is 0 Å². The number of carbonyl (C=O) groups excluding carboxylic acids is 3. The second-order valence-corrected chi connectivity index (χ2v) is 9.75. The molecule has 2 saturated heterocycles. The Morgan fingerprint density at radius 3 is 2.29 bits per heavy atom.